The van der Waals surface area contributed by atoms with Crippen molar-refractivity contribution in [3.05, 3.63) is 83.6 Å². The molecule has 6 nitrogen and oxygen atoms in total. The normalized spacial score (nSPS) is 23.2. The molecule has 1 unspecified atom stereocenters. The smallest absolute Gasteiger partial charge is 0.308 e. The van der Waals surface area contributed by atoms with Crippen LogP contribution in [0, 0.1) is 0 Å². The number of aliphatic hydroxyl groups excluding tert-OH is 1. The van der Waals surface area contributed by atoms with Gasteiger partial charge in [-0.3, -0.25) is 14.6 Å². The number of benzene rings is 2. The summed E-state index contributed by atoms with van der Waals surface area (Å²) in [5.74, 6) is -0.469. The Hall–Kier alpha value is -2.95. The fourth-order valence-corrected chi connectivity index (χ4v) is 7.22. The van der Waals surface area contributed by atoms with E-state index in [9.17, 15) is 14.7 Å². The summed E-state index contributed by atoms with van der Waals surface area (Å²) in [6.07, 6.45) is 5.42. The van der Waals surface area contributed by atoms with Crippen LogP contribution in [0.4, 0.5) is 0 Å². The van der Waals surface area contributed by atoms with Gasteiger partial charge in [-0.15, -0.1) is 0 Å². The van der Waals surface area contributed by atoms with Gasteiger partial charge in [-0.1, -0.05) is 54.6 Å². The minimum Gasteiger partial charge on any atom is -0.508 e. The third-order valence-corrected chi connectivity index (χ3v) is 8.23. The van der Waals surface area contributed by atoms with Crippen molar-refractivity contribution in [2.45, 2.75) is 38.3 Å². The lowest BCUT2D eigenvalue weighted by Gasteiger charge is -2.30. The summed E-state index contributed by atoms with van der Waals surface area (Å²) in [5.41, 5.74) is 4.95. The van der Waals surface area contributed by atoms with Crippen LogP contribution in [0.25, 0.3) is 0 Å². The summed E-state index contributed by atoms with van der Waals surface area (Å²) >= 11 is 0. The van der Waals surface area contributed by atoms with E-state index < -0.39 is 13.9 Å². The van der Waals surface area contributed by atoms with E-state index in [4.69, 9.17) is 4.74 Å². The number of allylic oxidation sites excluding steroid dienone is 2. The summed E-state index contributed by atoms with van der Waals surface area (Å²) < 4.78 is 5.49. The van der Waals surface area contributed by atoms with Crippen LogP contribution in [-0.4, -0.2) is 27.8 Å². The highest BCUT2D eigenvalue weighted by Crippen LogP contribution is 2.61. The minimum absolute atomic E-state index is 0.139. The fraction of sp³-hybridized carbons (Fsp3) is 0.250. The van der Waals surface area contributed by atoms with Gasteiger partial charge in [0.15, 0.2) is 0 Å². The predicted octanol–water partition coefficient (Wildman–Crippen LogP) is 4.27. The van der Waals surface area contributed by atoms with Crippen molar-refractivity contribution in [2.24, 2.45) is 0 Å². The molecule has 2 aromatic carbocycles. The lowest BCUT2D eigenvalue weighted by molar-refractivity contribution is -0.133. The summed E-state index contributed by atoms with van der Waals surface area (Å²) in [4.78, 5) is 24.4. The first-order chi connectivity index (χ1) is 15.0. The number of amides is 1. The first-order valence-electron chi connectivity index (χ1n) is 10.2. The van der Waals surface area contributed by atoms with Crippen LogP contribution < -0.4 is 15.5 Å². The number of nitrogens with zero attached hydrogens (tertiary/aromatic N) is 1. The average Bonchev–Trinajstić information content (AvgIpc) is 3.15. The maximum atomic E-state index is 12.7. The number of rotatable bonds is 4. The van der Waals surface area contributed by atoms with Crippen molar-refractivity contribution in [2.75, 3.05) is 0 Å². The number of para-hydroxylation sites is 1. The second kappa shape index (κ2) is 9.04. The van der Waals surface area contributed by atoms with Crippen molar-refractivity contribution in [3.63, 3.8) is 0 Å². The van der Waals surface area contributed by atoms with E-state index in [-0.39, 0.29) is 23.2 Å². The summed E-state index contributed by atoms with van der Waals surface area (Å²) in [6, 6.07) is 17.4. The Kier molecular flexibility index (Phi) is 6.21. The Morgan fingerprint density at radius 1 is 1.03 bits per heavy atom. The topological polar surface area (TPSA) is 78.9 Å². The maximum Gasteiger partial charge on any atom is 0.308 e. The van der Waals surface area contributed by atoms with Crippen LogP contribution in [0.1, 0.15) is 38.0 Å². The monoisotopic (exact) mass is 436 g/mol. The van der Waals surface area contributed by atoms with E-state index in [1.165, 1.54) is 13.8 Å². The van der Waals surface area contributed by atoms with Gasteiger partial charge in [0.25, 0.3) is 0 Å². The number of carbonyl (C=O) groups excluding carboxylic acids is 2. The van der Waals surface area contributed by atoms with E-state index in [1.54, 1.807) is 11.1 Å². The molecule has 1 saturated heterocycles. The van der Waals surface area contributed by atoms with Crippen molar-refractivity contribution in [1.29, 1.82) is 0 Å². The molecule has 7 heteroatoms. The van der Waals surface area contributed by atoms with Crippen molar-refractivity contribution in [1.82, 2.24) is 10.4 Å². The SMILES string of the molecule is CC(=O)Oc1ccccc1[C@@H]1NN(C(C)=O)[C@H](C2=CCCC=C2O)P1c1ccccc1. The molecule has 2 aromatic rings. The molecule has 1 aliphatic carbocycles. The number of hydrazine groups is 1. The highest BCUT2D eigenvalue weighted by atomic mass is 31.1. The zero-order valence-corrected chi connectivity index (χ0v) is 18.4. The van der Waals surface area contributed by atoms with E-state index >= 15 is 0 Å². The number of hydrogen-bond acceptors (Lipinski definition) is 5. The number of carbonyl (C=O) groups is 2. The standard InChI is InChI=1S/C24H25N2O4P/c1-16(27)26-24(19-12-6-8-14-21(19)29)31(18-10-4-3-5-11-18)23(25-26)20-13-7-9-15-22(20)30-17(2)28/h3-5,7,9-15,23-25,29H,6,8H2,1-2H3/t23-,24+,31?/m1/s1. The molecular formula is C24H25N2O4P. The van der Waals surface area contributed by atoms with Gasteiger partial charge in [0.05, 0.1) is 5.78 Å². The average molecular weight is 436 g/mol. The molecule has 4 rings (SSSR count). The molecule has 1 heterocycles. The van der Waals surface area contributed by atoms with Crippen molar-refractivity contribution >= 4 is 25.1 Å². The molecule has 0 radical (unpaired) electrons. The van der Waals surface area contributed by atoms with Gasteiger partial charge < -0.3 is 9.84 Å². The number of aliphatic hydroxyl groups is 1. The van der Waals surface area contributed by atoms with Crippen molar-refractivity contribution < 1.29 is 19.4 Å². The Bertz CT molecular complexity index is 1050. The lowest BCUT2D eigenvalue weighted by atomic mass is 10.0. The highest BCUT2D eigenvalue weighted by molar-refractivity contribution is 7.67. The van der Waals surface area contributed by atoms with E-state index in [0.717, 1.165) is 29.3 Å². The molecule has 31 heavy (non-hydrogen) atoms. The summed E-state index contributed by atoms with van der Waals surface area (Å²) in [6.45, 7) is 2.89. The van der Waals surface area contributed by atoms with Crippen LogP contribution in [-0.2, 0) is 9.59 Å². The van der Waals surface area contributed by atoms with E-state index in [0.29, 0.717) is 5.75 Å². The molecule has 0 bridgehead atoms. The number of hydrogen-bond donors (Lipinski definition) is 2. The lowest BCUT2D eigenvalue weighted by Crippen LogP contribution is -2.42. The van der Waals surface area contributed by atoms with Crippen molar-refractivity contribution in [3.8, 4) is 5.75 Å². The van der Waals surface area contributed by atoms with Crippen LogP contribution >= 0.6 is 7.92 Å². The molecule has 0 saturated carbocycles. The van der Waals surface area contributed by atoms with Crippen LogP contribution in [0.3, 0.4) is 0 Å². The molecule has 160 valence electrons. The van der Waals surface area contributed by atoms with E-state index in [2.05, 4.69) is 17.6 Å². The second-order valence-corrected chi connectivity index (χ2v) is 9.83. The Morgan fingerprint density at radius 3 is 2.39 bits per heavy atom. The van der Waals surface area contributed by atoms with Gasteiger partial charge in [-0.2, -0.15) is 0 Å². The molecule has 0 aromatic heterocycles. The van der Waals surface area contributed by atoms with Crippen LogP contribution in [0.5, 0.6) is 5.75 Å². The molecule has 2 aliphatic rings. The molecular weight excluding hydrogens is 411 g/mol. The van der Waals surface area contributed by atoms with Gasteiger partial charge in [-0.25, -0.2) is 5.43 Å². The number of ether oxygens (including phenoxy) is 1. The van der Waals surface area contributed by atoms with Crippen LogP contribution in [0.15, 0.2) is 78.1 Å². The fourth-order valence-electron chi connectivity index (χ4n) is 4.07. The quantitative estimate of drug-likeness (QED) is 0.425. The van der Waals surface area contributed by atoms with Gasteiger partial charge in [0, 0.05) is 25.0 Å². The zero-order valence-electron chi connectivity index (χ0n) is 17.5. The van der Waals surface area contributed by atoms with Crippen LogP contribution in [0.2, 0.25) is 0 Å². The molecule has 1 amide bonds. The Labute approximate surface area is 182 Å². The molecule has 0 spiro atoms. The van der Waals surface area contributed by atoms with Gasteiger partial charge in [0.2, 0.25) is 5.91 Å². The predicted molar refractivity (Wildman–Crippen MR) is 121 cm³/mol. The molecule has 2 N–H and O–H groups in total. The zero-order chi connectivity index (χ0) is 22.0. The summed E-state index contributed by atoms with van der Waals surface area (Å²) in [7, 11) is -1.07. The summed E-state index contributed by atoms with van der Waals surface area (Å²) in [5, 5.41) is 13.4. The highest BCUT2D eigenvalue weighted by Gasteiger charge is 2.47. The Balaban J connectivity index is 1.88. The second-order valence-electron chi connectivity index (χ2n) is 7.49. The van der Waals surface area contributed by atoms with Gasteiger partial charge >= 0.3 is 5.97 Å². The number of esters is 1. The van der Waals surface area contributed by atoms with E-state index in [1.807, 2.05) is 48.6 Å². The largest absolute Gasteiger partial charge is 0.508 e. The number of nitrogens with one attached hydrogen (secondary N) is 1. The first kappa shape index (κ1) is 21.3. The van der Waals surface area contributed by atoms with Gasteiger partial charge in [0.1, 0.15) is 17.3 Å². The van der Waals surface area contributed by atoms with Gasteiger partial charge in [-0.05, 0) is 38.2 Å². The third kappa shape index (κ3) is 4.27. The first-order valence-corrected chi connectivity index (χ1v) is 11.7. The Morgan fingerprint density at radius 2 is 1.71 bits per heavy atom. The minimum atomic E-state index is -1.07. The maximum absolute atomic E-state index is 12.7. The third-order valence-electron chi connectivity index (χ3n) is 5.35. The molecule has 1 aliphatic heterocycles. The molecule has 3 atom stereocenters. The molecule has 1 fully saturated rings.